The largest absolute Gasteiger partial charge is 0.481 e. The fourth-order valence-corrected chi connectivity index (χ4v) is 3.20. The Balaban J connectivity index is 1.68. The second-order valence-electron chi connectivity index (χ2n) is 6.97. The lowest BCUT2D eigenvalue weighted by Gasteiger charge is -2.36. The summed E-state index contributed by atoms with van der Waals surface area (Å²) in [5.41, 5.74) is 14.3. The molecule has 10 nitrogen and oxygen atoms in total. The SMILES string of the molecule is COc1ccc(Nc2ncc(CN3CC(N)C3)cc2-c2nc(C)nc(N)n2)cn1. The molecule has 1 saturated heterocycles. The van der Waals surface area contributed by atoms with Gasteiger partial charge in [-0.25, -0.2) is 15.0 Å². The Hall–Kier alpha value is -3.37. The number of pyridine rings is 2. The van der Waals surface area contributed by atoms with Crippen LogP contribution in [-0.2, 0) is 6.54 Å². The molecule has 0 atom stereocenters. The van der Waals surface area contributed by atoms with Gasteiger partial charge in [0.25, 0.3) is 0 Å². The van der Waals surface area contributed by atoms with Crippen molar-refractivity contribution in [2.24, 2.45) is 5.73 Å². The first-order chi connectivity index (χ1) is 14.0. The molecule has 0 aromatic carbocycles. The van der Waals surface area contributed by atoms with Gasteiger partial charge < -0.3 is 21.5 Å². The maximum absolute atomic E-state index is 5.88. The zero-order valence-corrected chi connectivity index (χ0v) is 16.3. The second-order valence-corrected chi connectivity index (χ2v) is 6.97. The fourth-order valence-electron chi connectivity index (χ4n) is 3.20. The van der Waals surface area contributed by atoms with Crippen LogP contribution in [0.2, 0.25) is 0 Å². The minimum atomic E-state index is 0.170. The normalized spacial score (nSPS) is 14.4. The summed E-state index contributed by atoms with van der Waals surface area (Å²) in [6, 6.07) is 5.90. The summed E-state index contributed by atoms with van der Waals surface area (Å²) in [6.07, 6.45) is 3.51. The van der Waals surface area contributed by atoms with Gasteiger partial charge >= 0.3 is 0 Å². The quantitative estimate of drug-likeness (QED) is 0.557. The van der Waals surface area contributed by atoms with E-state index in [0.29, 0.717) is 23.3 Å². The van der Waals surface area contributed by atoms with Crippen molar-refractivity contribution in [2.45, 2.75) is 19.5 Å². The van der Waals surface area contributed by atoms with Gasteiger partial charge in [-0.2, -0.15) is 9.97 Å². The maximum atomic E-state index is 5.88. The first-order valence-corrected chi connectivity index (χ1v) is 9.22. The van der Waals surface area contributed by atoms with Crippen LogP contribution in [0.3, 0.4) is 0 Å². The van der Waals surface area contributed by atoms with Crippen molar-refractivity contribution in [1.29, 1.82) is 0 Å². The number of anilines is 3. The molecule has 0 aliphatic carbocycles. The van der Waals surface area contributed by atoms with Crippen LogP contribution in [0.25, 0.3) is 11.4 Å². The number of hydrogen-bond acceptors (Lipinski definition) is 10. The summed E-state index contributed by atoms with van der Waals surface area (Å²) >= 11 is 0. The van der Waals surface area contributed by atoms with E-state index in [1.54, 1.807) is 26.3 Å². The van der Waals surface area contributed by atoms with Gasteiger partial charge in [-0.05, 0) is 24.6 Å². The number of likely N-dealkylation sites (tertiary alicyclic amines) is 1. The van der Waals surface area contributed by atoms with Gasteiger partial charge in [-0.15, -0.1) is 0 Å². The molecule has 5 N–H and O–H groups in total. The molecule has 0 bridgehead atoms. The van der Waals surface area contributed by atoms with Gasteiger partial charge in [0.15, 0.2) is 5.82 Å². The predicted octanol–water partition coefficient (Wildman–Crippen LogP) is 1.11. The minimum absolute atomic E-state index is 0.170. The Morgan fingerprint density at radius 3 is 2.66 bits per heavy atom. The van der Waals surface area contributed by atoms with E-state index in [1.807, 2.05) is 18.3 Å². The number of nitrogen functional groups attached to an aromatic ring is 1. The molecule has 0 spiro atoms. The van der Waals surface area contributed by atoms with Gasteiger partial charge in [0.2, 0.25) is 11.8 Å². The highest BCUT2D eigenvalue weighted by atomic mass is 16.5. The molecule has 4 heterocycles. The average molecular weight is 393 g/mol. The molecule has 3 aromatic rings. The average Bonchev–Trinajstić information content (AvgIpc) is 2.67. The number of nitrogens with one attached hydrogen (secondary N) is 1. The molecule has 0 radical (unpaired) electrons. The monoisotopic (exact) mass is 393 g/mol. The summed E-state index contributed by atoms with van der Waals surface area (Å²) < 4.78 is 5.11. The van der Waals surface area contributed by atoms with Crippen molar-refractivity contribution in [3.05, 3.63) is 42.0 Å². The maximum Gasteiger partial charge on any atom is 0.223 e. The number of aryl methyl sites for hydroxylation is 1. The van der Waals surface area contributed by atoms with Crippen molar-refractivity contribution in [3.63, 3.8) is 0 Å². The fraction of sp³-hybridized carbons (Fsp3) is 0.316. The van der Waals surface area contributed by atoms with Gasteiger partial charge in [0.05, 0.1) is 24.6 Å². The van der Waals surface area contributed by atoms with E-state index in [1.165, 1.54) is 0 Å². The van der Waals surface area contributed by atoms with Crippen molar-refractivity contribution in [2.75, 3.05) is 31.2 Å². The molecule has 1 fully saturated rings. The number of aromatic nitrogens is 5. The zero-order valence-electron chi connectivity index (χ0n) is 16.3. The zero-order chi connectivity index (χ0) is 20.4. The van der Waals surface area contributed by atoms with Gasteiger partial charge in [-0.1, -0.05) is 0 Å². The molecule has 0 saturated carbocycles. The van der Waals surface area contributed by atoms with E-state index in [0.717, 1.165) is 36.4 Å². The number of nitrogens with two attached hydrogens (primary N) is 2. The number of methoxy groups -OCH3 is 1. The highest BCUT2D eigenvalue weighted by Gasteiger charge is 2.23. The van der Waals surface area contributed by atoms with Crippen molar-refractivity contribution < 1.29 is 4.74 Å². The van der Waals surface area contributed by atoms with Crippen molar-refractivity contribution >= 4 is 17.5 Å². The first kappa shape index (κ1) is 19.0. The van der Waals surface area contributed by atoms with Crippen molar-refractivity contribution in [1.82, 2.24) is 29.8 Å². The van der Waals surface area contributed by atoms with E-state index in [9.17, 15) is 0 Å². The van der Waals surface area contributed by atoms with E-state index in [-0.39, 0.29) is 12.0 Å². The second kappa shape index (κ2) is 7.94. The third-order valence-electron chi connectivity index (χ3n) is 4.55. The van der Waals surface area contributed by atoms with Gasteiger partial charge in [-0.3, -0.25) is 4.90 Å². The molecule has 4 rings (SSSR count). The Morgan fingerprint density at radius 1 is 1.17 bits per heavy atom. The third kappa shape index (κ3) is 4.39. The Morgan fingerprint density at radius 2 is 2.00 bits per heavy atom. The van der Waals surface area contributed by atoms with E-state index >= 15 is 0 Å². The van der Waals surface area contributed by atoms with Gasteiger partial charge in [0.1, 0.15) is 11.6 Å². The molecular weight excluding hydrogens is 370 g/mol. The lowest BCUT2D eigenvalue weighted by Crippen LogP contribution is -2.54. The van der Waals surface area contributed by atoms with Crippen molar-refractivity contribution in [3.8, 4) is 17.3 Å². The lowest BCUT2D eigenvalue weighted by atomic mass is 10.1. The summed E-state index contributed by atoms with van der Waals surface area (Å²) in [7, 11) is 1.58. The van der Waals surface area contributed by atoms with Crippen LogP contribution >= 0.6 is 0 Å². The minimum Gasteiger partial charge on any atom is -0.481 e. The lowest BCUT2D eigenvalue weighted by molar-refractivity contribution is 0.142. The highest BCUT2D eigenvalue weighted by Crippen LogP contribution is 2.28. The molecule has 1 aliphatic rings. The van der Waals surface area contributed by atoms with Crippen LogP contribution in [0.5, 0.6) is 5.88 Å². The molecule has 0 unspecified atom stereocenters. The van der Waals surface area contributed by atoms with E-state index in [4.69, 9.17) is 16.2 Å². The van der Waals surface area contributed by atoms with Crippen LogP contribution in [0.4, 0.5) is 17.5 Å². The van der Waals surface area contributed by atoms with Crippen LogP contribution in [-0.4, -0.2) is 56.1 Å². The molecule has 29 heavy (non-hydrogen) atoms. The number of hydrogen-bond donors (Lipinski definition) is 3. The number of rotatable bonds is 6. The van der Waals surface area contributed by atoms with Crippen LogP contribution in [0.15, 0.2) is 30.6 Å². The number of ether oxygens (including phenoxy) is 1. The standard InChI is InChI=1S/C19H23N9O/c1-11-24-18(27-19(21)25-11)15-5-12(8-28-9-13(20)10-28)6-23-17(15)26-14-3-4-16(29-2)22-7-14/h3-7,13H,8-10,20H2,1-2H3,(H,23,26)(H2,21,24,25,27). The smallest absolute Gasteiger partial charge is 0.223 e. The summed E-state index contributed by atoms with van der Waals surface area (Å²) in [4.78, 5) is 23.9. The highest BCUT2D eigenvalue weighted by molar-refractivity contribution is 5.75. The molecule has 150 valence electrons. The third-order valence-corrected chi connectivity index (χ3v) is 4.55. The summed E-state index contributed by atoms with van der Waals surface area (Å²) in [5, 5.41) is 3.27. The predicted molar refractivity (Wildman–Crippen MR) is 110 cm³/mol. The van der Waals surface area contributed by atoms with E-state index < -0.39 is 0 Å². The summed E-state index contributed by atoms with van der Waals surface area (Å²) in [5.74, 6) is 2.32. The molecule has 10 heteroatoms. The van der Waals surface area contributed by atoms with Crippen LogP contribution < -0.4 is 21.5 Å². The molecule has 3 aromatic heterocycles. The summed E-state index contributed by atoms with van der Waals surface area (Å²) in [6.45, 7) is 4.30. The molecule has 1 aliphatic heterocycles. The molecule has 0 amide bonds. The number of nitrogens with zero attached hydrogens (tertiary/aromatic N) is 6. The Bertz CT molecular complexity index is 983. The Kier molecular flexibility index (Phi) is 5.19. The van der Waals surface area contributed by atoms with Crippen LogP contribution in [0.1, 0.15) is 11.4 Å². The van der Waals surface area contributed by atoms with Crippen LogP contribution in [0, 0.1) is 6.92 Å². The Labute approximate surface area is 168 Å². The first-order valence-electron chi connectivity index (χ1n) is 9.22. The van der Waals surface area contributed by atoms with E-state index in [2.05, 4.69) is 35.1 Å². The topological polar surface area (TPSA) is 141 Å². The van der Waals surface area contributed by atoms with Gasteiger partial charge in [0, 0.05) is 37.9 Å². The molecular formula is C19H23N9O.